The van der Waals surface area contributed by atoms with Crippen molar-refractivity contribution in [1.29, 1.82) is 0 Å². The predicted molar refractivity (Wildman–Crippen MR) is 56.6 cm³/mol. The van der Waals surface area contributed by atoms with Crippen LogP contribution in [-0.4, -0.2) is 25.2 Å². The highest BCUT2D eigenvalue weighted by Crippen LogP contribution is 2.13. The first-order valence-electron chi connectivity index (χ1n) is 4.45. The highest BCUT2D eigenvalue weighted by Gasteiger charge is 1.99. The van der Waals surface area contributed by atoms with Crippen LogP contribution in [0.25, 0.3) is 6.08 Å². The lowest BCUT2D eigenvalue weighted by atomic mass is 10.2. The summed E-state index contributed by atoms with van der Waals surface area (Å²) in [5.74, 6) is 0.174. The Morgan fingerprint density at radius 3 is 2.67 bits per heavy atom. The molecule has 4 heteroatoms. The lowest BCUT2D eigenvalue weighted by molar-refractivity contribution is -0.134. The second-order valence-corrected chi connectivity index (χ2v) is 2.88. The Kier molecular flexibility index (Phi) is 3.85. The summed E-state index contributed by atoms with van der Waals surface area (Å²) in [6.07, 6.45) is 3.02. The van der Waals surface area contributed by atoms with Gasteiger partial charge >= 0.3 is 5.97 Å². The zero-order valence-corrected chi connectivity index (χ0v) is 8.98. The average Bonchev–Trinajstić information content (AvgIpc) is 2.26. The molecule has 1 heterocycles. The smallest absolute Gasteiger partial charge is 0.330 e. The minimum absolute atomic E-state index is 0.384. The molecular formula is C11H13NO3. The Labute approximate surface area is 88.5 Å². The molecule has 0 saturated carbocycles. The number of rotatable bonds is 3. The van der Waals surface area contributed by atoms with Crippen LogP contribution in [0.5, 0.6) is 5.88 Å². The number of nitrogens with zero attached hydrogens (tertiary/aromatic N) is 1. The van der Waals surface area contributed by atoms with Crippen molar-refractivity contribution in [3.8, 4) is 5.88 Å². The van der Waals surface area contributed by atoms with Crippen molar-refractivity contribution >= 4 is 12.0 Å². The van der Waals surface area contributed by atoms with Crippen LogP contribution in [0.4, 0.5) is 0 Å². The zero-order valence-electron chi connectivity index (χ0n) is 8.98. The molecule has 0 amide bonds. The summed E-state index contributed by atoms with van der Waals surface area (Å²) in [6.45, 7) is 1.85. The number of hydrogen-bond donors (Lipinski definition) is 0. The van der Waals surface area contributed by atoms with Gasteiger partial charge in [-0.05, 0) is 24.6 Å². The van der Waals surface area contributed by atoms with Crippen molar-refractivity contribution < 1.29 is 14.3 Å². The van der Waals surface area contributed by atoms with Crippen molar-refractivity contribution in [1.82, 2.24) is 4.98 Å². The molecule has 0 fully saturated rings. The van der Waals surface area contributed by atoms with Crippen LogP contribution in [0, 0.1) is 6.92 Å². The van der Waals surface area contributed by atoms with Gasteiger partial charge in [0.05, 0.1) is 14.2 Å². The van der Waals surface area contributed by atoms with Gasteiger partial charge in [0.1, 0.15) is 0 Å². The molecule has 0 atom stereocenters. The van der Waals surface area contributed by atoms with E-state index in [2.05, 4.69) is 9.72 Å². The van der Waals surface area contributed by atoms with Crippen LogP contribution in [-0.2, 0) is 9.53 Å². The molecule has 1 aromatic rings. The monoisotopic (exact) mass is 207 g/mol. The molecular weight excluding hydrogens is 194 g/mol. The average molecular weight is 207 g/mol. The lowest BCUT2D eigenvalue weighted by Crippen LogP contribution is -1.95. The van der Waals surface area contributed by atoms with Gasteiger partial charge in [-0.25, -0.2) is 9.78 Å². The summed E-state index contributed by atoms with van der Waals surface area (Å²) >= 11 is 0. The number of carbonyl (C=O) groups is 1. The molecule has 0 N–H and O–H groups in total. The van der Waals surface area contributed by atoms with E-state index in [1.54, 1.807) is 19.3 Å². The molecule has 0 aliphatic heterocycles. The maximum absolute atomic E-state index is 10.9. The van der Waals surface area contributed by atoms with Gasteiger partial charge in [-0.15, -0.1) is 0 Å². The normalized spacial score (nSPS) is 10.3. The Morgan fingerprint density at radius 1 is 1.40 bits per heavy atom. The minimum Gasteiger partial charge on any atom is -0.481 e. The van der Waals surface area contributed by atoms with Crippen molar-refractivity contribution in [3.05, 3.63) is 29.5 Å². The Morgan fingerprint density at radius 2 is 2.13 bits per heavy atom. The molecule has 0 spiro atoms. The molecule has 0 aliphatic carbocycles. The quantitative estimate of drug-likeness (QED) is 0.557. The number of methoxy groups -OCH3 is 2. The maximum atomic E-state index is 10.9. The molecule has 15 heavy (non-hydrogen) atoms. The van der Waals surface area contributed by atoms with E-state index in [1.807, 2.05) is 13.0 Å². The molecule has 0 radical (unpaired) electrons. The van der Waals surface area contributed by atoms with Crippen molar-refractivity contribution in [2.45, 2.75) is 6.92 Å². The van der Waals surface area contributed by atoms with Gasteiger partial charge < -0.3 is 9.47 Å². The van der Waals surface area contributed by atoms with Gasteiger partial charge in [0.15, 0.2) is 0 Å². The summed E-state index contributed by atoms with van der Waals surface area (Å²) in [6, 6.07) is 3.57. The van der Waals surface area contributed by atoms with Crippen LogP contribution in [0.3, 0.4) is 0 Å². The van der Waals surface area contributed by atoms with Gasteiger partial charge in [-0.1, -0.05) is 0 Å². The van der Waals surface area contributed by atoms with E-state index in [4.69, 9.17) is 4.74 Å². The van der Waals surface area contributed by atoms with Crippen LogP contribution >= 0.6 is 0 Å². The number of aromatic nitrogens is 1. The summed E-state index contributed by atoms with van der Waals surface area (Å²) < 4.78 is 9.46. The van der Waals surface area contributed by atoms with E-state index >= 15 is 0 Å². The molecule has 0 aromatic carbocycles. The highest BCUT2D eigenvalue weighted by molar-refractivity contribution is 5.87. The summed E-state index contributed by atoms with van der Waals surface area (Å²) in [5.41, 5.74) is 1.66. The van der Waals surface area contributed by atoms with Gasteiger partial charge in [-0.3, -0.25) is 0 Å². The summed E-state index contributed by atoms with van der Waals surface area (Å²) in [7, 11) is 2.90. The molecule has 1 rings (SSSR count). The Balaban J connectivity index is 2.87. The van der Waals surface area contributed by atoms with E-state index in [0.717, 1.165) is 11.3 Å². The predicted octanol–water partition coefficient (Wildman–Crippen LogP) is 1.58. The summed E-state index contributed by atoms with van der Waals surface area (Å²) in [5, 5.41) is 0. The topological polar surface area (TPSA) is 48.4 Å². The van der Waals surface area contributed by atoms with Crippen molar-refractivity contribution in [2.24, 2.45) is 0 Å². The maximum Gasteiger partial charge on any atom is 0.330 e. The highest BCUT2D eigenvalue weighted by atomic mass is 16.5. The van der Waals surface area contributed by atoms with Crippen LogP contribution in [0.1, 0.15) is 11.3 Å². The number of ether oxygens (including phenoxy) is 2. The van der Waals surface area contributed by atoms with Crippen molar-refractivity contribution in [3.63, 3.8) is 0 Å². The first-order chi connectivity index (χ1) is 7.17. The van der Waals surface area contributed by atoms with E-state index in [0.29, 0.717) is 5.88 Å². The second-order valence-electron chi connectivity index (χ2n) is 2.88. The number of pyridine rings is 1. The van der Waals surface area contributed by atoms with E-state index < -0.39 is 0 Å². The van der Waals surface area contributed by atoms with Crippen LogP contribution in [0.2, 0.25) is 0 Å². The second kappa shape index (κ2) is 5.14. The fraction of sp³-hybridized carbons (Fsp3) is 0.273. The molecule has 0 saturated heterocycles. The molecule has 1 aromatic heterocycles. The molecule has 0 bridgehead atoms. The van der Waals surface area contributed by atoms with Crippen LogP contribution in [0.15, 0.2) is 18.2 Å². The number of esters is 1. The number of aryl methyl sites for hydroxylation is 1. The lowest BCUT2D eigenvalue weighted by Gasteiger charge is -2.02. The first-order valence-corrected chi connectivity index (χ1v) is 4.45. The summed E-state index contributed by atoms with van der Waals surface area (Å²) in [4.78, 5) is 15.0. The number of carbonyl (C=O) groups excluding carboxylic acids is 1. The largest absolute Gasteiger partial charge is 0.481 e. The number of hydrogen-bond acceptors (Lipinski definition) is 4. The van der Waals surface area contributed by atoms with Gasteiger partial charge in [-0.2, -0.15) is 0 Å². The third kappa shape index (κ3) is 3.09. The SMILES string of the molecule is COC(=O)C=Cc1ccc(OC)nc1C. The fourth-order valence-electron chi connectivity index (χ4n) is 1.06. The fourth-order valence-corrected chi connectivity index (χ4v) is 1.06. The van der Waals surface area contributed by atoms with Gasteiger partial charge in [0.25, 0.3) is 0 Å². The Bertz CT molecular complexity index is 385. The molecule has 0 aliphatic rings. The third-order valence-electron chi connectivity index (χ3n) is 1.91. The standard InChI is InChI=1S/C11H13NO3/c1-8-9(5-7-11(13)15-3)4-6-10(12-8)14-2/h4-7H,1-3H3. The van der Waals surface area contributed by atoms with Crippen LogP contribution < -0.4 is 4.74 Å². The molecule has 80 valence electrons. The zero-order chi connectivity index (χ0) is 11.3. The Hall–Kier alpha value is -1.84. The molecule has 0 unspecified atom stereocenters. The van der Waals surface area contributed by atoms with E-state index in [1.165, 1.54) is 13.2 Å². The van der Waals surface area contributed by atoms with E-state index in [9.17, 15) is 4.79 Å². The first kappa shape index (κ1) is 11.2. The van der Waals surface area contributed by atoms with Gasteiger partial charge in [0, 0.05) is 17.8 Å². The molecule has 4 nitrogen and oxygen atoms in total. The third-order valence-corrected chi connectivity index (χ3v) is 1.91. The van der Waals surface area contributed by atoms with E-state index in [-0.39, 0.29) is 5.97 Å². The minimum atomic E-state index is -0.384. The van der Waals surface area contributed by atoms with Gasteiger partial charge in [0.2, 0.25) is 5.88 Å². The van der Waals surface area contributed by atoms with Crippen molar-refractivity contribution in [2.75, 3.05) is 14.2 Å².